The van der Waals surface area contributed by atoms with E-state index in [-0.39, 0.29) is 13.2 Å². The number of rotatable bonds is 6. The predicted octanol–water partition coefficient (Wildman–Crippen LogP) is -0.0120. The normalized spacial score (nSPS) is 9.56. The summed E-state index contributed by atoms with van der Waals surface area (Å²) in [6.07, 6.45) is 2.85. The van der Waals surface area contributed by atoms with E-state index < -0.39 is 17.9 Å². The fourth-order valence-electron chi connectivity index (χ4n) is 0.596. The van der Waals surface area contributed by atoms with E-state index in [1.54, 1.807) is 0 Å². The fourth-order valence-corrected chi connectivity index (χ4v) is 0.596. The minimum Gasteiger partial charge on any atom is -0.466 e. The van der Waals surface area contributed by atoms with Crippen LogP contribution in [-0.4, -0.2) is 38.2 Å². The van der Waals surface area contributed by atoms with Crippen LogP contribution in [0.3, 0.4) is 0 Å². The Labute approximate surface area is 92.5 Å². The van der Waals surface area contributed by atoms with Gasteiger partial charge >= 0.3 is 17.9 Å². The average Bonchev–Trinajstić information content (AvgIpc) is 2.31. The molecule has 0 saturated carbocycles. The molecule has 0 saturated heterocycles. The molecule has 6 nitrogen and oxygen atoms in total. The third-order valence-electron chi connectivity index (χ3n) is 1.30. The van der Waals surface area contributed by atoms with Gasteiger partial charge in [-0.3, -0.25) is 0 Å². The van der Waals surface area contributed by atoms with E-state index in [2.05, 4.69) is 20.8 Å². The van der Waals surface area contributed by atoms with Gasteiger partial charge in [-0.15, -0.1) is 0 Å². The Morgan fingerprint density at radius 1 is 1.00 bits per heavy atom. The predicted molar refractivity (Wildman–Crippen MR) is 53.3 cm³/mol. The minimum absolute atomic E-state index is 0.0668. The second kappa shape index (κ2) is 8.22. The molecule has 0 rings (SSSR count). The zero-order valence-corrected chi connectivity index (χ0v) is 8.80. The van der Waals surface area contributed by atoms with E-state index >= 15 is 0 Å². The number of carbonyl (C=O) groups is 3. The van der Waals surface area contributed by atoms with Gasteiger partial charge in [0.15, 0.2) is 0 Å². The highest BCUT2D eigenvalue weighted by molar-refractivity contribution is 5.91. The summed E-state index contributed by atoms with van der Waals surface area (Å²) in [4.78, 5) is 32.0. The first kappa shape index (κ1) is 13.9. The first-order valence-corrected chi connectivity index (χ1v) is 4.32. The summed E-state index contributed by atoms with van der Waals surface area (Å²) in [5.74, 6) is -1.98. The van der Waals surface area contributed by atoms with E-state index in [1.807, 2.05) is 0 Å². The van der Waals surface area contributed by atoms with Crippen LogP contribution >= 0.6 is 0 Å². The molecule has 0 bridgehead atoms. The van der Waals surface area contributed by atoms with E-state index in [9.17, 15) is 14.4 Å². The smallest absolute Gasteiger partial charge is 0.331 e. The van der Waals surface area contributed by atoms with Crippen molar-refractivity contribution in [2.45, 2.75) is 0 Å². The van der Waals surface area contributed by atoms with Crippen LogP contribution in [0.25, 0.3) is 0 Å². The summed E-state index contributed by atoms with van der Waals surface area (Å²) >= 11 is 0. The van der Waals surface area contributed by atoms with Gasteiger partial charge in [0.2, 0.25) is 0 Å². The molecule has 0 atom stereocenters. The van der Waals surface area contributed by atoms with Crippen molar-refractivity contribution in [3.8, 4) is 0 Å². The first-order chi connectivity index (χ1) is 7.60. The summed E-state index contributed by atoms with van der Waals surface area (Å²) in [6.45, 7) is 3.03. The molecule has 0 fully saturated rings. The molecule has 0 aromatic heterocycles. The summed E-state index contributed by atoms with van der Waals surface area (Å²) in [6, 6.07) is 0. The maximum Gasteiger partial charge on any atom is 0.331 e. The van der Waals surface area contributed by atoms with E-state index in [4.69, 9.17) is 0 Å². The van der Waals surface area contributed by atoms with E-state index in [0.717, 1.165) is 18.2 Å². The maximum atomic E-state index is 10.9. The maximum absolute atomic E-state index is 10.9. The van der Waals surface area contributed by atoms with E-state index in [0.29, 0.717) is 0 Å². The Hall–Kier alpha value is -2.11. The second-order valence-electron chi connectivity index (χ2n) is 2.40. The zero-order chi connectivity index (χ0) is 12.4. The molecule has 0 amide bonds. The lowest BCUT2D eigenvalue weighted by Crippen LogP contribution is -2.11. The van der Waals surface area contributed by atoms with Gasteiger partial charge in [0.25, 0.3) is 0 Å². The van der Waals surface area contributed by atoms with Gasteiger partial charge in [0.05, 0.1) is 7.11 Å². The quantitative estimate of drug-likeness (QED) is 0.275. The molecule has 0 spiro atoms. The molecule has 6 heteroatoms. The topological polar surface area (TPSA) is 78.9 Å². The molecule has 0 aliphatic rings. The highest BCUT2D eigenvalue weighted by atomic mass is 16.6. The number of ether oxygens (including phenoxy) is 3. The highest BCUT2D eigenvalue weighted by Gasteiger charge is 2.00. The Bertz CT molecular complexity index is 304. The van der Waals surface area contributed by atoms with Crippen LogP contribution in [0.2, 0.25) is 0 Å². The lowest BCUT2D eigenvalue weighted by Gasteiger charge is -2.01. The van der Waals surface area contributed by atoms with Gasteiger partial charge in [-0.05, 0) is 0 Å². The van der Waals surface area contributed by atoms with Crippen molar-refractivity contribution in [1.82, 2.24) is 0 Å². The van der Waals surface area contributed by atoms with Crippen LogP contribution in [0.15, 0.2) is 24.8 Å². The molecule has 0 aromatic carbocycles. The van der Waals surface area contributed by atoms with Crippen LogP contribution in [-0.2, 0) is 28.6 Å². The van der Waals surface area contributed by atoms with Gasteiger partial charge in [-0.1, -0.05) is 6.58 Å². The monoisotopic (exact) mass is 228 g/mol. The fraction of sp³-hybridized carbons (Fsp3) is 0.300. The van der Waals surface area contributed by atoms with Gasteiger partial charge in [0, 0.05) is 18.2 Å². The minimum atomic E-state index is -0.722. The lowest BCUT2D eigenvalue weighted by molar-refractivity contribution is -0.146. The first-order valence-electron chi connectivity index (χ1n) is 4.32. The van der Waals surface area contributed by atoms with Crippen LogP contribution in [0.5, 0.6) is 0 Å². The van der Waals surface area contributed by atoms with Crippen molar-refractivity contribution in [2.75, 3.05) is 20.3 Å². The average molecular weight is 228 g/mol. The third kappa shape index (κ3) is 7.31. The SMILES string of the molecule is C=CC(=O)OCCOC(=O)/C=C/C(=O)OC. The van der Waals surface area contributed by atoms with E-state index in [1.165, 1.54) is 7.11 Å². The Balaban J connectivity index is 3.66. The Morgan fingerprint density at radius 3 is 2.00 bits per heavy atom. The van der Waals surface area contributed by atoms with Crippen molar-refractivity contribution in [1.29, 1.82) is 0 Å². The summed E-state index contributed by atoms with van der Waals surface area (Å²) < 4.78 is 13.4. The van der Waals surface area contributed by atoms with Crippen LogP contribution < -0.4 is 0 Å². The van der Waals surface area contributed by atoms with Crippen molar-refractivity contribution in [3.63, 3.8) is 0 Å². The van der Waals surface area contributed by atoms with Crippen molar-refractivity contribution in [2.24, 2.45) is 0 Å². The second-order valence-corrected chi connectivity index (χ2v) is 2.40. The number of carbonyl (C=O) groups excluding carboxylic acids is 3. The zero-order valence-electron chi connectivity index (χ0n) is 8.80. The molecule has 88 valence electrons. The molecule has 0 aromatic rings. The number of hydrogen-bond donors (Lipinski definition) is 0. The van der Waals surface area contributed by atoms with Crippen molar-refractivity contribution >= 4 is 17.9 Å². The van der Waals surface area contributed by atoms with Crippen LogP contribution in [0.4, 0.5) is 0 Å². The van der Waals surface area contributed by atoms with Crippen molar-refractivity contribution in [3.05, 3.63) is 24.8 Å². The summed E-state index contributed by atoms with van der Waals surface area (Å²) in [5, 5.41) is 0. The molecule has 0 heterocycles. The largest absolute Gasteiger partial charge is 0.466 e. The lowest BCUT2D eigenvalue weighted by atomic mass is 10.5. The Kier molecular flexibility index (Phi) is 7.14. The summed E-state index contributed by atoms with van der Waals surface area (Å²) in [5.41, 5.74) is 0. The molecular weight excluding hydrogens is 216 g/mol. The highest BCUT2D eigenvalue weighted by Crippen LogP contribution is 1.86. The van der Waals surface area contributed by atoms with Gasteiger partial charge < -0.3 is 14.2 Å². The standard InChI is InChI=1S/C10H12O6/c1-3-8(11)15-6-7-16-10(13)5-4-9(12)14-2/h3-5H,1,6-7H2,2H3/b5-4+. The van der Waals surface area contributed by atoms with Crippen molar-refractivity contribution < 1.29 is 28.6 Å². The van der Waals surface area contributed by atoms with Crippen LogP contribution in [0.1, 0.15) is 0 Å². The third-order valence-corrected chi connectivity index (χ3v) is 1.30. The molecule has 16 heavy (non-hydrogen) atoms. The number of methoxy groups -OCH3 is 1. The Morgan fingerprint density at radius 2 is 1.50 bits per heavy atom. The molecule has 0 unspecified atom stereocenters. The van der Waals surface area contributed by atoms with Gasteiger partial charge in [-0.2, -0.15) is 0 Å². The molecule has 0 N–H and O–H groups in total. The van der Waals surface area contributed by atoms with Gasteiger partial charge in [-0.25, -0.2) is 14.4 Å². The molecule has 0 aliphatic carbocycles. The molecular formula is C10H12O6. The van der Waals surface area contributed by atoms with Crippen LogP contribution in [0, 0.1) is 0 Å². The van der Waals surface area contributed by atoms with Gasteiger partial charge in [0.1, 0.15) is 13.2 Å². The summed E-state index contributed by atoms with van der Waals surface area (Å²) in [7, 11) is 1.19. The molecule has 0 aliphatic heterocycles. The number of esters is 3. The number of hydrogen-bond acceptors (Lipinski definition) is 6. The molecule has 0 radical (unpaired) electrons.